The average Bonchev–Trinajstić information content (AvgIpc) is 2.26. The lowest BCUT2D eigenvalue weighted by molar-refractivity contribution is 0.0690. The quantitative estimate of drug-likeness (QED) is 0.717. The maximum absolute atomic E-state index is 10.6. The van der Waals surface area contributed by atoms with Crippen molar-refractivity contribution in [2.24, 2.45) is 0 Å². The van der Waals surface area contributed by atoms with E-state index in [0.29, 0.717) is 5.82 Å². The zero-order valence-corrected chi connectivity index (χ0v) is 8.27. The Labute approximate surface area is 87.6 Å². The summed E-state index contributed by atoms with van der Waals surface area (Å²) in [6, 6.07) is -0.164. The highest BCUT2D eigenvalue weighted by Crippen LogP contribution is 2.05. The topological polar surface area (TPSA) is 75.1 Å². The van der Waals surface area contributed by atoms with Crippen molar-refractivity contribution >= 4 is 11.8 Å². The van der Waals surface area contributed by atoms with Crippen LogP contribution in [0.3, 0.4) is 0 Å². The first-order chi connectivity index (χ1) is 7.17. The predicted octanol–water partition coefficient (Wildman–Crippen LogP) is 0.998. The fourth-order valence-corrected chi connectivity index (χ4v) is 0.979. The molecule has 0 saturated heterocycles. The van der Waals surface area contributed by atoms with Crippen molar-refractivity contribution in [3.8, 4) is 12.3 Å². The molecule has 15 heavy (non-hydrogen) atoms. The lowest BCUT2D eigenvalue weighted by Gasteiger charge is -2.10. The Morgan fingerprint density at radius 1 is 1.73 bits per heavy atom. The van der Waals surface area contributed by atoms with Crippen LogP contribution < -0.4 is 5.32 Å². The molecule has 2 N–H and O–H groups in total. The van der Waals surface area contributed by atoms with E-state index in [9.17, 15) is 4.79 Å². The maximum atomic E-state index is 10.6. The molecule has 0 bridgehead atoms. The van der Waals surface area contributed by atoms with Gasteiger partial charge in [-0.25, -0.2) is 9.78 Å². The van der Waals surface area contributed by atoms with Crippen molar-refractivity contribution < 1.29 is 9.90 Å². The van der Waals surface area contributed by atoms with Gasteiger partial charge in [0, 0.05) is 0 Å². The number of aromatic nitrogens is 2. The summed E-state index contributed by atoms with van der Waals surface area (Å²) in [5.41, 5.74) is -0.105. The molecular formula is C10H11N3O2. The summed E-state index contributed by atoms with van der Waals surface area (Å²) in [5, 5.41) is 11.6. The summed E-state index contributed by atoms with van der Waals surface area (Å²) >= 11 is 0. The van der Waals surface area contributed by atoms with Gasteiger partial charge >= 0.3 is 5.97 Å². The molecule has 1 unspecified atom stereocenters. The number of carboxylic acid groups (broad SMARTS) is 1. The number of rotatable bonds is 4. The van der Waals surface area contributed by atoms with Gasteiger partial charge in [0.1, 0.15) is 5.82 Å². The van der Waals surface area contributed by atoms with Crippen LogP contribution in [0.1, 0.15) is 23.8 Å². The molecule has 0 aliphatic heterocycles. The highest BCUT2D eigenvalue weighted by atomic mass is 16.4. The second-order valence-electron chi connectivity index (χ2n) is 2.87. The molecule has 0 aromatic carbocycles. The zero-order chi connectivity index (χ0) is 11.3. The van der Waals surface area contributed by atoms with Gasteiger partial charge in [0.05, 0.1) is 18.4 Å². The van der Waals surface area contributed by atoms with Crippen LogP contribution >= 0.6 is 0 Å². The largest absolute Gasteiger partial charge is 0.476 e. The Morgan fingerprint density at radius 2 is 2.47 bits per heavy atom. The van der Waals surface area contributed by atoms with Crippen LogP contribution in [0, 0.1) is 12.3 Å². The molecule has 1 rings (SSSR count). The number of terminal acetylenes is 1. The van der Waals surface area contributed by atoms with E-state index >= 15 is 0 Å². The van der Waals surface area contributed by atoms with E-state index in [1.165, 1.54) is 12.4 Å². The monoisotopic (exact) mass is 205 g/mol. The molecule has 78 valence electrons. The first-order valence-electron chi connectivity index (χ1n) is 4.45. The van der Waals surface area contributed by atoms with Gasteiger partial charge in [0.15, 0.2) is 5.69 Å². The van der Waals surface area contributed by atoms with Crippen LogP contribution in [-0.4, -0.2) is 27.1 Å². The van der Waals surface area contributed by atoms with Crippen LogP contribution in [0.5, 0.6) is 0 Å². The number of hydrogen-bond acceptors (Lipinski definition) is 4. The van der Waals surface area contributed by atoms with Crippen LogP contribution in [0.25, 0.3) is 0 Å². The SMILES string of the molecule is C#CC(CC)Nc1cncc(C(=O)O)n1. The molecule has 1 heterocycles. The molecule has 1 aromatic rings. The van der Waals surface area contributed by atoms with Crippen LogP contribution in [0.2, 0.25) is 0 Å². The van der Waals surface area contributed by atoms with Gasteiger partial charge in [-0.2, -0.15) is 0 Å². The van der Waals surface area contributed by atoms with E-state index in [1.807, 2.05) is 6.92 Å². The number of nitrogens with zero attached hydrogens (tertiary/aromatic N) is 2. The number of aromatic carboxylic acids is 1. The fourth-order valence-electron chi connectivity index (χ4n) is 0.979. The molecule has 0 fully saturated rings. The number of carboxylic acids is 1. The average molecular weight is 205 g/mol. The van der Waals surface area contributed by atoms with Crippen molar-refractivity contribution in [3.63, 3.8) is 0 Å². The fraction of sp³-hybridized carbons (Fsp3) is 0.300. The molecule has 5 heteroatoms. The molecule has 0 saturated carbocycles. The summed E-state index contributed by atoms with van der Waals surface area (Å²) in [6.07, 6.45) is 8.61. The standard InChI is InChI=1S/C10H11N3O2/c1-3-7(4-2)12-9-6-11-5-8(13-9)10(14)15/h1,5-7H,4H2,2H3,(H,12,13)(H,14,15). The van der Waals surface area contributed by atoms with E-state index in [-0.39, 0.29) is 11.7 Å². The van der Waals surface area contributed by atoms with Gasteiger partial charge in [-0.15, -0.1) is 6.42 Å². The Kier molecular flexibility index (Phi) is 3.63. The zero-order valence-electron chi connectivity index (χ0n) is 8.27. The van der Waals surface area contributed by atoms with Crippen LogP contribution in [0.4, 0.5) is 5.82 Å². The smallest absolute Gasteiger partial charge is 0.356 e. The molecule has 0 radical (unpaired) electrons. The van der Waals surface area contributed by atoms with E-state index < -0.39 is 5.97 Å². The minimum atomic E-state index is -1.11. The van der Waals surface area contributed by atoms with Crippen molar-refractivity contribution in [3.05, 3.63) is 18.1 Å². The summed E-state index contributed by atoms with van der Waals surface area (Å²) in [7, 11) is 0. The highest BCUT2D eigenvalue weighted by Gasteiger charge is 2.07. The van der Waals surface area contributed by atoms with Gasteiger partial charge in [-0.05, 0) is 6.42 Å². The van der Waals surface area contributed by atoms with Crippen LogP contribution in [0.15, 0.2) is 12.4 Å². The summed E-state index contributed by atoms with van der Waals surface area (Å²) in [5.74, 6) is 1.79. The van der Waals surface area contributed by atoms with Crippen molar-refractivity contribution in [1.82, 2.24) is 9.97 Å². The second-order valence-corrected chi connectivity index (χ2v) is 2.87. The van der Waals surface area contributed by atoms with Gasteiger partial charge < -0.3 is 10.4 Å². The van der Waals surface area contributed by atoms with Gasteiger partial charge in [-0.1, -0.05) is 12.8 Å². The van der Waals surface area contributed by atoms with E-state index in [2.05, 4.69) is 21.2 Å². The minimum absolute atomic E-state index is 0.105. The van der Waals surface area contributed by atoms with Crippen LogP contribution in [-0.2, 0) is 0 Å². The number of anilines is 1. The van der Waals surface area contributed by atoms with Gasteiger partial charge in [-0.3, -0.25) is 4.98 Å². The van der Waals surface area contributed by atoms with Gasteiger partial charge in [0.25, 0.3) is 0 Å². The number of hydrogen-bond donors (Lipinski definition) is 2. The third-order valence-corrected chi connectivity index (χ3v) is 1.79. The molecule has 1 aromatic heterocycles. The van der Waals surface area contributed by atoms with Crippen molar-refractivity contribution in [1.29, 1.82) is 0 Å². The first-order valence-corrected chi connectivity index (χ1v) is 4.45. The Hall–Kier alpha value is -2.09. The molecule has 0 aliphatic rings. The molecule has 0 spiro atoms. The first kappa shape index (κ1) is 11.0. The Morgan fingerprint density at radius 3 is 3.00 bits per heavy atom. The molecule has 0 aliphatic carbocycles. The maximum Gasteiger partial charge on any atom is 0.356 e. The molecule has 0 amide bonds. The van der Waals surface area contributed by atoms with E-state index in [4.69, 9.17) is 11.5 Å². The van der Waals surface area contributed by atoms with Crippen molar-refractivity contribution in [2.75, 3.05) is 5.32 Å². The minimum Gasteiger partial charge on any atom is -0.476 e. The van der Waals surface area contributed by atoms with E-state index in [0.717, 1.165) is 6.42 Å². The summed E-state index contributed by atoms with van der Waals surface area (Å²) in [6.45, 7) is 1.92. The number of nitrogens with one attached hydrogen (secondary N) is 1. The van der Waals surface area contributed by atoms with Crippen molar-refractivity contribution in [2.45, 2.75) is 19.4 Å². The predicted molar refractivity (Wildman–Crippen MR) is 55.5 cm³/mol. The highest BCUT2D eigenvalue weighted by molar-refractivity contribution is 5.85. The summed E-state index contributed by atoms with van der Waals surface area (Å²) in [4.78, 5) is 18.2. The Balaban J connectivity index is 2.83. The Bertz CT molecular complexity index is 398. The lowest BCUT2D eigenvalue weighted by Crippen LogP contribution is -2.17. The summed E-state index contributed by atoms with van der Waals surface area (Å²) < 4.78 is 0. The van der Waals surface area contributed by atoms with E-state index in [1.54, 1.807) is 0 Å². The van der Waals surface area contributed by atoms with Gasteiger partial charge in [0.2, 0.25) is 0 Å². The lowest BCUT2D eigenvalue weighted by atomic mass is 10.2. The second kappa shape index (κ2) is 4.96. The normalized spacial score (nSPS) is 11.5. The molecule has 5 nitrogen and oxygen atoms in total. The number of carbonyl (C=O) groups is 1. The third-order valence-electron chi connectivity index (χ3n) is 1.79. The molecular weight excluding hydrogens is 194 g/mol. The third kappa shape index (κ3) is 2.95. The molecule has 1 atom stereocenters.